The predicted octanol–water partition coefficient (Wildman–Crippen LogP) is 3.71. The lowest BCUT2D eigenvalue weighted by atomic mass is 10.3. The molecule has 0 amide bonds. The molecule has 0 aliphatic rings. The van der Waals surface area contributed by atoms with Gasteiger partial charge in [-0.2, -0.15) is 0 Å². The van der Waals surface area contributed by atoms with E-state index < -0.39 is 0 Å². The van der Waals surface area contributed by atoms with Crippen LogP contribution in [0.5, 0.6) is 5.75 Å². The van der Waals surface area contributed by atoms with Crippen LogP contribution in [0.3, 0.4) is 0 Å². The Balaban J connectivity index is 2.13. The van der Waals surface area contributed by atoms with Crippen molar-refractivity contribution >= 4 is 33.4 Å². The first-order valence-electron chi connectivity index (χ1n) is 5.22. The van der Waals surface area contributed by atoms with E-state index in [0.717, 1.165) is 21.1 Å². The van der Waals surface area contributed by atoms with Crippen molar-refractivity contribution in [2.45, 2.75) is 9.79 Å². The van der Waals surface area contributed by atoms with Crippen LogP contribution in [0.15, 0.2) is 61.5 Å². The molecule has 0 saturated carbocycles. The third-order valence-corrected chi connectivity index (χ3v) is 4.16. The van der Waals surface area contributed by atoms with Crippen LogP contribution in [-0.2, 0) is 0 Å². The zero-order valence-corrected chi connectivity index (χ0v) is 10.8. The van der Waals surface area contributed by atoms with Crippen molar-refractivity contribution in [3.05, 3.63) is 52.2 Å². The molecule has 90 valence electrons. The first-order valence-corrected chi connectivity index (χ1v) is 6.85. The molecule has 1 heterocycles. The summed E-state index contributed by atoms with van der Waals surface area (Å²) in [6, 6.07) is 12.9. The fourth-order valence-corrected chi connectivity index (χ4v) is 3.39. The van der Waals surface area contributed by atoms with Gasteiger partial charge in [0.1, 0.15) is 5.75 Å². The second-order valence-corrected chi connectivity index (χ2v) is 5.73. The lowest BCUT2D eigenvalue weighted by Gasteiger charge is -2.02. The molecule has 2 aromatic carbocycles. The minimum absolute atomic E-state index is 0.137. The van der Waals surface area contributed by atoms with E-state index in [2.05, 4.69) is 0 Å². The quantitative estimate of drug-likeness (QED) is 0.775. The number of hydrogen-bond acceptors (Lipinski definition) is 5. The van der Waals surface area contributed by atoms with Crippen LogP contribution in [0, 0.1) is 0 Å². The maximum absolute atomic E-state index is 11.3. The van der Waals surface area contributed by atoms with Crippen LogP contribution in [0.1, 0.15) is 0 Å². The van der Waals surface area contributed by atoms with Crippen molar-refractivity contribution in [3.63, 3.8) is 0 Å². The van der Waals surface area contributed by atoms with E-state index in [9.17, 15) is 9.90 Å². The zero-order valence-electron chi connectivity index (χ0n) is 9.12. The van der Waals surface area contributed by atoms with Gasteiger partial charge >= 0.3 is 4.94 Å². The molecule has 3 aromatic rings. The minimum atomic E-state index is -0.356. The van der Waals surface area contributed by atoms with Crippen molar-refractivity contribution in [2.75, 3.05) is 0 Å². The Morgan fingerprint density at radius 2 is 1.94 bits per heavy atom. The second kappa shape index (κ2) is 4.51. The summed E-state index contributed by atoms with van der Waals surface area (Å²) in [7, 11) is 0. The van der Waals surface area contributed by atoms with E-state index in [-0.39, 0.29) is 10.7 Å². The summed E-state index contributed by atoms with van der Waals surface area (Å²) in [4.78, 5) is 12.7. The summed E-state index contributed by atoms with van der Waals surface area (Å²) < 4.78 is 5.82. The van der Waals surface area contributed by atoms with E-state index in [1.165, 1.54) is 11.8 Å². The number of fused-ring (bicyclic) bond motifs is 1. The molecule has 0 aliphatic heterocycles. The first kappa shape index (κ1) is 11.4. The molecule has 0 aliphatic carbocycles. The van der Waals surface area contributed by atoms with Crippen LogP contribution in [0.4, 0.5) is 0 Å². The van der Waals surface area contributed by atoms with Gasteiger partial charge < -0.3 is 9.52 Å². The van der Waals surface area contributed by atoms with Gasteiger partial charge in [0.25, 0.3) is 0 Å². The van der Waals surface area contributed by atoms with E-state index in [1.807, 2.05) is 30.3 Å². The maximum atomic E-state index is 11.3. The fraction of sp³-hybridized carbons (Fsp3) is 0. The molecule has 1 N–H and O–H groups in total. The Kier molecular flexibility index (Phi) is 2.85. The highest BCUT2D eigenvalue weighted by Crippen LogP contribution is 2.37. The minimum Gasteiger partial charge on any atom is -0.508 e. The lowest BCUT2D eigenvalue weighted by Crippen LogP contribution is -1.80. The summed E-state index contributed by atoms with van der Waals surface area (Å²) in [5.41, 5.74) is 0.539. The Morgan fingerprint density at radius 3 is 2.72 bits per heavy atom. The van der Waals surface area contributed by atoms with Crippen molar-refractivity contribution in [3.8, 4) is 5.75 Å². The zero-order chi connectivity index (χ0) is 12.5. The molecule has 3 rings (SSSR count). The van der Waals surface area contributed by atoms with Gasteiger partial charge in [-0.3, -0.25) is 0 Å². The number of rotatable bonds is 2. The Labute approximate surface area is 111 Å². The average Bonchev–Trinajstić information content (AvgIpc) is 2.71. The Bertz CT molecular complexity index is 744. The Morgan fingerprint density at radius 1 is 1.17 bits per heavy atom. The fourth-order valence-electron chi connectivity index (χ4n) is 1.62. The summed E-state index contributed by atoms with van der Waals surface area (Å²) in [6.45, 7) is 0. The molecule has 0 fully saturated rings. The molecule has 18 heavy (non-hydrogen) atoms. The molecule has 0 unspecified atom stereocenters. The number of aromatic hydroxyl groups is 1. The first-order chi connectivity index (χ1) is 8.72. The molecule has 0 saturated heterocycles. The summed E-state index contributed by atoms with van der Waals surface area (Å²) in [6.07, 6.45) is 0. The standard InChI is InChI=1S/C13H8O3S2/c14-8-6-10(17-9-4-2-1-3-5-9)12-11(7-8)18-13(15)16-12/h1-7,14H. The monoisotopic (exact) mass is 276 g/mol. The van der Waals surface area contributed by atoms with E-state index in [1.54, 1.807) is 12.1 Å². The van der Waals surface area contributed by atoms with E-state index in [0.29, 0.717) is 10.3 Å². The van der Waals surface area contributed by atoms with Crippen LogP contribution >= 0.6 is 23.1 Å². The summed E-state index contributed by atoms with van der Waals surface area (Å²) >= 11 is 2.45. The third-order valence-electron chi connectivity index (χ3n) is 2.36. The SMILES string of the molecule is O=c1oc2c(Sc3ccccc3)cc(O)cc2s1. The summed E-state index contributed by atoms with van der Waals surface area (Å²) in [5, 5.41) is 9.65. The average molecular weight is 276 g/mol. The van der Waals surface area contributed by atoms with E-state index in [4.69, 9.17) is 4.42 Å². The van der Waals surface area contributed by atoms with Crippen molar-refractivity contribution in [1.82, 2.24) is 0 Å². The van der Waals surface area contributed by atoms with Gasteiger partial charge in [0.2, 0.25) is 0 Å². The molecule has 0 bridgehead atoms. The molecule has 3 nitrogen and oxygen atoms in total. The largest absolute Gasteiger partial charge is 0.508 e. The van der Waals surface area contributed by atoms with Crippen LogP contribution in [0.2, 0.25) is 0 Å². The van der Waals surface area contributed by atoms with Crippen molar-refractivity contribution in [1.29, 1.82) is 0 Å². The number of hydrogen-bond donors (Lipinski definition) is 1. The van der Waals surface area contributed by atoms with Crippen molar-refractivity contribution < 1.29 is 9.52 Å². The topological polar surface area (TPSA) is 50.4 Å². The maximum Gasteiger partial charge on any atom is 0.396 e. The van der Waals surface area contributed by atoms with Gasteiger partial charge in [0.05, 0.1) is 9.60 Å². The lowest BCUT2D eigenvalue weighted by molar-refractivity contribution is 0.474. The highest BCUT2D eigenvalue weighted by atomic mass is 32.2. The molecule has 5 heteroatoms. The normalized spacial score (nSPS) is 10.9. The number of phenols is 1. The second-order valence-electron chi connectivity index (χ2n) is 3.64. The van der Waals surface area contributed by atoms with Gasteiger partial charge in [-0.15, -0.1) is 0 Å². The Hall–Kier alpha value is -1.72. The van der Waals surface area contributed by atoms with E-state index >= 15 is 0 Å². The van der Waals surface area contributed by atoms with Gasteiger partial charge in [0.15, 0.2) is 5.58 Å². The van der Waals surface area contributed by atoms with Gasteiger partial charge in [0, 0.05) is 11.0 Å². The predicted molar refractivity (Wildman–Crippen MR) is 72.6 cm³/mol. The summed E-state index contributed by atoms with van der Waals surface area (Å²) in [5.74, 6) is 0.137. The third kappa shape index (κ3) is 2.14. The van der Waals surface area contributed by atoms with Crippen molar-refractivity contribution in [2.24, 2.45) is 0 Å². The highest BCUT2D eigenvalue weighted by Gasteiger charge is 2.11. The molecular weight excluding hydrogens is 268 g/mol. The molecule has 0 atom stereocenters. The molecule has 0 spiro atoms. The van der Waals surface area contributed by atoms with Crippen LogP contribution in [0.25, 0.3) is 10.3 Å². The van der Waals surface area contributed by atoms with Crippen LogP contribution < -0.4 is 4.94 Å². The number of benzene rings is 2. The van der Waals surface area contributed by atoms with Gasteiger partial charge in [-0.25, -0.2) is 4.79 Å². The molecule has 0 radical (unpaired) electrons. The highest BCUT2D eigenvalue weighted by molar-refractivity contribution is 7.99. The van der Waals surface area contributed by atoms with Gasteiger partial charge in [-0.1, -0.05) is 41.3 Å². The smallest absolute Gasteiger partial charge is 0.396 e. The van der Waals surface area contributed by atoms with Gasteiger partial charge in [-0.05, 0) is 18.2 Å². The number of phenolic OH excluding ortho intramolecular Hbond substituents is 1. The molecule has 1 aromatic heterocycles. The van der Waals surface area contributed by atoms with Crippen LogP contribution in [-0.4, -0.2) is 5.11 Å². The molecular formula is C13H8O3S2.